The monoisotopic (exact) mass is 282 g/mol. The van der Waals surface area contributed by atoms with Gasteiger partial charge in [0.25, 0.3) is 0 Å². The van der Waals surface area contributed by atoms with Crippen molar-refractivity contribution in [2.24, 2.45) is 0 Å². The summed E-state index contributed by atoms with van der Waals surface area (Å²) in [7, 11) is 1.36. The summed E-state index contributed by atoms with van der Waals surface area (Å²) in [6.07, 6.45) is 3.97. The molecule has 0 aliphatic heterocycles. The number of aromatic nitrogens is 4. The van der Waals surface area contributed by atoms with Crippen LogP contribution in [0.3, 0.4) is 0 Å². The summed E-state index contributed by atoms with van der Waals surface area (Å²) in [6, 6.07) is 9.46. The lowest BCUT2D eigenvalue weighted by Crippen LogP contribution is -2.13. The molecule has 0 saturated carbocycles. The average Bonchev–Trinajstić information content (AvgIpc) is 3.00. The van der Waals surface area contributed by atoms with Gasteiger partial charge in [-0.15, -0.1) is 0 Å². The van der Waals surface area contributed by atoms with Crippen LogP contribution in [-0.2, 0) is 17.7 Å². The molecule has 0 unspecified atom stereocenters. The zero-order valence-corrected chi connectivity index (χ0v) is 11.6. The van der Waals surface area contributed by atoms with Gasteiger partial charge in [-0.05, 0) is 30.3 Å². The predicted molar refractivity (Wildman–Crippen MR) is 76.8 cm³/mol. The Morgan fingerprint density at radius 3 is 3.00 bits per heavy atom. The van der Waals surface area contributed by atoms with Gasteiger partial charge in [-0.3, -0.25) is 4.68 Å². The summed E-state index contributed by atoms with van der Waals surface area (Å²) in [4.78, 5) is 20.3. The Kier molecular flexibility index (Phi) is 3.59. The van der Waals surface area contributed by atoms with E-state index in [0.717, 1.165) is 16.7 Å². The van der Waals surface area contributed by atoms with Gasteiger partial charge < -0.3 is 4.74 Å². The number of esters is 1. The fourth-order valence-corrected chi connectivity index (χ4v) is 2.14. The zero-order chi connectivity index (χ0) is 14.7. The Bertz CT molecular complexity index is 782. The van der Waals surface area contributed by atoms with Crippen molar-refractivity contribution in [3.05, 3.63) is 54.1 Å². The van der Waals surface area contributed by atoms with Crippen molar-refractivity contribution in [2.45, 2.75) is 13.0 Å². The number of ether oxygens (including phenoxy) is 1. The van der Waals surface area contributed by atoms with E-state index in [-0.39, 0.29) is 5.97 Å². The number of carbonyl (C=O) groups excluding carboxylic acids is 1. The molecular formula is C15H14N4O2. The number of nitrogens with zero attached hydrogens (tertiary/aromatic N) is 4. The van der Waals surface area contributed by atoms with Crippen molar-refractivity contribution in [1.82, 2.24) is 19.7 Å². The maximum Gasteiger partial charge on any atom is 0.356 e. The molecule has 0 fully saturated rings. The smallest absolute Gasteiger partial charge is 0.356 e. The van der Waals surface area contributed by atoms with Crippen LogP contribution in [0.15, 0.2) is 42.7 Å². The number of aryl methyl sites for hydroxylation is 2. The molecule has 0 amide bonds. The summed E-state index contributed by atoms with van der Waals surface area (Å²) < 4.78 is 6.34. The highest BCUT2D eigenvalue weighted by atomic mass is 16.5. The minimum absolute atomic E-state index is 0.388. The molecule has 0 aromatic carbocycles. The van der Waals surface area contributed by atoms with Crippen molar-refractivity contribution in [3.8, 4) is 0 Å². The molecule has 0 aliphatic rings. The van der Waals surface area contributed by atoms with Crippen LogP contribution < -0.4 is 0 Å². The van der Waals surface area contributed by atoms with Crippen LogP contribution in [0.4, 0.5) is 0 Å². The Morgan fingerprint density at radius 1 is 1.24 bits per heavy atom. The van der Waals surface area contributed by atoms with Crippen LogP contribution in [0, 0.1) is 0 Å². The molecule has 0 saturated heterocycles. The summed E-state index contributed by atoms with van der Waals surface area (Å²) in [5.41, 5.74) is 2.08. The molecular weight excluding hydrogens is 268 g/mol. The molecule has 0 bridgehead atoms. The number of hydrogen-bond acceptors (Lipinski definition) is 5. The van der Waals surface area contributed by atoms with E-state index in [1.54, 1.807) is 23.1 Å². The third-order valence-electron chi connectivity index (χ3n) is 3.21. The molecule has 6 nitrogen and oxygen atoms in total. The zero-order valence-electron chi connectivity index (χ0n) is 11.6. The summed E-state index contributed by atoms with van der Waals surface area (Å²) in [5, 5.41) is 5.14. The van der Waals surface area contributed by atoms with Crippen LogP contribution >= 0.6 is 0 Å². The number of fused-ring (bicyclic) bond motifs is 1. The van der Waals surface area contributed by atoms with Crippen LogP contribution in [0.5, 0.6) is 0 Å². The SMILES string of the molecule is COC(=O)c1ccnn1CCc1ccc2cccnc2n1. The lowest BCUT2D eigenvalue weighted by molar-refractivity contribution is 0.0586. The van der Waals surface area contributed by atoms with Crippen molar-refractivity contribution in [1.29, 1.82) is 0 Å². The lowest BCUT2D eigenvalue weighted by atomic mass is 10.2. The number of hydrogen-bond donors (Lipinski definition) is 0. The molecule has 106 valence electrons. The first-order valence-electron chi connectivity index (χ1n) is 6.59. The van der Waals surface area contributed by atoms with E-state index in [9.17, 15) is 4.79 Å². The quantitative estimate of drug-likeness (QED) is 0.683. The molecule has 6 heteroatoms. The Hall–Kier alpha value is -2.76. The van der Waals surface area contributed by atoms with Gasteiger partial charge in [0, 0.05) is 36.4 Å². The van der Waals surface area contributed by atoms with Crippen LogP contribution in [0.25, 0.3) is 11.0 Å². The molecule has 0 radical (unpaired) electrons. The molecule has 0 N–H and O–H groups in total. The average molecular weight is 282 g/mol. The maximum atomic E-state index is 11.6. The third-order valence-corrected chi connectivity index (χ3v) is 3.21. The van der Waals surface area contributed by atoms with E-state index in [2.05, 4.69) is 15.1 Å². The Balaban J connectivity index is 1.77. The van der Waals surface area contributed by atoms with Crippen LogP contribution in [-0.4, -0.2) is 32.8 Å². The number of rotatable bonds is 4. The van der Waals surface area contributed by atoms with E-state index >= 15 is 0 Å². The Morgan fingerprint density at radius 2 is 2.14 bits per heavy atom. The fourth-order valence-electron chi connectivity index (χ4n) is 2.14. The van der Waals surface area contributed by atoms with Gasteiger partial charge in [-0.1, -0.05) is 0 Å². The van der Waals surface area contributed by atoms with Gasteiger partial charge in [0.05, 0.1) is 7.11 Å². The lowest BCUT2D eigenvalue weighted by Gasteiger charge is -2.06. The van der Waals surface area contributed by atoms with Crippen LogP contribution in [0.1, 0.15) is 16.2 Å². The molecule has 3 heterocycles. The molecule has 3 aromatic heterocycles. The number of carbonyl (C=O) groups is 1. The van der Waals surface area contributed by atoms with Crippen molar-refractivity contribution in [2.75, 3.05) is 7.11 Å². The van der Waals surface area contributed by atoms with Gasteiger partial charge in [-0.2, -0.15) is 5.10 Å². The molecule has 0 atom stereocenters. The van der Waals surface area contributed by atoms with Crippen LogP contribution in [0.2, 0.25) is 0 Å². The second-order valence-corrected chi connectivity index (χ2v) is 4.53. The molecule has 21 heavy (non-hydrogen) atoms. The summed E-state index contributed by atoms with van der Waals surface area (Å²) in [6.45, 7) is 0.558. The molecule has 3 rings (SSSR count). The highest BCUT2D eigenvalue weighted by Gasteiger charge is 2.12. The van der Waals surface area contributed by atoms with E-state index in [4.69, 9.17) is 4.74 Å². The Labute approximate surface area is 121 Å². The largest absolute Gasteiger partial charge is 0.464 e. The normalized spacial score (nSPS) is 10.7. The van der Waals surface area contributed by atoms with Gasteiger partial charge in [0.2, 0.25) is 0 Å². The van der Waals surface area contributed by atoms with E-state index in [0.29, 0.717) is 18.7 Å². The molecule has 0 spiro atoms. The summed E-state index contributed by atoms with van der Waals surface area (Å²) in [5.74, 6) is -0.388. The first kappa shape index (κ1) is 13.2. The minimum Gasteiger partial charge on any atom is -0.464 e. The summed E-state index contributed by atoms with van der Waals surface area (Å²) >= 11 is 0. The standard InChI is InChI=1S/C15H14N4O2/c1-21-15(20)13-6-9-17-19(13)10-7-12-5-4-11-3-2-8-16-14(11)18-12/h2-6,8-9H,7,10H2,1H3. The van der Waals surface area contributed by atoms with Crippen molar-refractivity contribution >= 4 is 17.0 Å². The first-order chi connectivity index (χ1) is 10.3. The number of methoxy groups -OCH3 is 1. The second-order valence-electron chi connectivity index (χ2n) is 4.53. The van der Waals surface area contributed by atoms with Gasteiger partial charge in [0.15, 0.2) is 5.65 Å². The topological polar surface area (TPSA) is 69.9 Å². The predicted octanol–water partition coefficient (Wildman–Crippen LogP) is 1.86. The van der Waals surface area contributed by atoms with Gasteiger partial charge in [0.1, 0.15) is 5.69 Å². The highest BCUT2D eigenvalue weighted by molar-refractivity contribution is 5.87. The fraction of sp³-hybridized carbons (Fsp3) is 0.200. The van der Waals surface area contributed by atoms with Gasteiger partial charge >= 0.3 is 5.97 Å². The second kappa shape index (κ2) is 5.70. The minimum atomic E-state index is -0.388. The highest BCUT2D eigenvalue weighted by Crippen LogP contribution is 2.10. The molecule has 0 aliphatic carbocycles. The van der Waals surface area contributed by atoms with Crippen molar-refractivity contribution < 1.29 is 9.53 Å². The maximum absolute atomic E-state index is 11.6. The third kappa shape index (κ3) is 2.74. The van der Waals surface area contributed by atoms with E-state index in [1.165, 1.54) is 7.11 Å². The van der Waals surface area contributed by atoms with Crippen molar-refractivity contribution in [3.63, 3.8) is 0 Å². The van der Waals surface area contributed by atoms with E-state index < -0.39 is 0 Å². The molecule has 3 aromatic rings. The van der Waals surface area contributed by atoms with Gasteiger partial charge in [-0.25, -0.2) is 14.8 Å². The first-order valence-corrected chi connectivity index (χ1v) is 6.59. The van der Waals surface area contributed by atoms with E-state index in [1.807, 2.05) is 24.3 Å². The number of pyridine rings is 2.